The molecule has 1 aromatic carbocycles. The van der Waals surface area contributed by atoms with E-state index >= 15 is 0 Å². The Bertz CT molecular complexity index is 1040. The zero-order chi connectivity index (χ0) is 21.6. The molecule has 30 heavy (non-hydrogen) atoms. The van der Waals surface area contributed by atoms with E-state index in [1.54, 1.807) is 36.5 Å². The third-order valence-corrected chi connectivity index (χ3v) is 5.47. The highest BCUT2D eigenvalue weighted by Crippen LogP contribution is 2.26. The van der Waals surface area contributed by atoms with Gasteiger partial charge in [-0.3, -0.25) is 19.3 Å². The molecule has 1 saturated heterocycles. The minimum atomic E-state index is -1.25. The number of amides is 2. The first kappa shape index (κ1) is 20.3. The summed E-state index contributed by atoms with van der Waals surface area (Å²) in [6.07, 6.45) is -1.25. The third kappa shape index (κ3) is 3.31. The van der Waals surface area contributed by atoms with Crippen LogP contribution in [0.2, 0.25) is 0 Å². The molecule has 9 heteroatoms. The van der Waals surface area contributed by atoms with Crippen LogP contribution in [-0.2, 0) is 11.2 Å². The number of rotatable bonds is 5. The normalized spacial score (nSPS) is 25.7. The molecule has 0 radical (unpaired) electrons. The molecule has 1 fully saturated rings. The van der Waals surface area contributed by atoms with Crippen molar-refractivity contribution in [2.45, 2.75) is 31.0 Å². The third-order valence-electron chi connectivity index (χ3n) is 5.47. The number of aliphatic hydroxyl groups excluding tert-OH is 3. The van der Waals surface area contributed by atoms with Gasteiger partial charge in [-0.25, -0.2) is 0 Å². The summed E-state index contributed by atoms with van der Waals surface area (Å²) in [6, 6.07) is 7.97. The minimum Gasteiger partial charge on any atom is -0.394 e. The lowest BCUT2D eigenvalue weighted by Gasteiger charge is -2.10. The zero-order valence-corrected chi connectivity index (χ0v) is 16.1. The number of nitrogens with zero attached hydrogens (tertiary/aromatic N) is 2. The molecule has 0 aliphatic carbocycles. The molecule has 2 aromatic rings. The molecule has 0 bridgehead atoms. The van der Waals surface area contributed by atoms with Crippen molar-refractivity contribution >= 4 is 17.6 Å². The molecule has 1 aromatic heterocycles. The van der Waals surface area contributed by atoms with Gasteiger partial charge in [0.05, 0.1) is 23.3 Å². The fourth-order valence-electron chi connectivity index (χ4n) is 3.75. The molecule has 3 heterocycles. The quantitative estimate of drug-likeness (QED) is 0.334. The molecular weight excluding hydrogens is 392 g/mol. The molecule has 2 aliphatic heterocycles. The van der Waals surface area contributed by atoms with Crippen LogP contribution in [0.3, 0.4) is 0 Å². The number of carbonyl (C=O) groups excluding carboxylic acids is 3. The van der Waals surface area contributed by atoms with Gasteiger partial charge in [0.1, 0.15) is 12.2 Å². The number of hydrogen-bond donors (Lipinski definition) is 3. The van der Waals surface area contributed by atoms with Gasteiger partial charge in [0.15, 0.2) is 24.3 Å². The standard InChI is InChI=1S/C21H21N2O7/c1-22-19(28)13-5-4-11(7-14(13)20(22)29)8-15(25)12-3-2-6-23(9-12)21-18(27)17(26)16(10-24)30-21/h2-7,9,16-18,21,24,26-27H,8,10H2,1H3/q+1/t16-,17-,18-,21-/m1/s1. The zero-order valence-electron chi connectivity index (χ0n) is 16.1. The number of ether oxygens (including phenoxy) is 1. The minimum absolute atomic E-state index is 0.0123. The second-order valence-corrected chi connectivity index (χ2v) is 7.42. The highest BCUT2D eigenvalue weighted by Gasteiger charge is 2.48. The van der Waals surface area contributed by atoms with E-state index in [0.717, 1.165) is 4.90 Å². The molecule has 3 N–H and O–H groups in total. The summed E-state index contributed by atoms with van der Waals surface area (Å²) in [5, 5.41) is 29.3. The first-order chi connectivity index (χ1) is 14.3. The molecule has 4 rings (SSSR count). The van der Waals surface area contributed by atoms with Crippen LogP contribution >= 0.6 is 0 Å². The van der Waals surface area contributed by atoms with Gasteiger partial charge in [0.2, 0.25) is 0 Å². The SMILES string of the molecule is CN1C(=O)c2ccc(CC(=O)c3ccc[n+]([C@@H]4O[C@H](CO)[C@@H](O)[C@H]4O)c3)cc2C1=O. The summed E-state index contributed by atoms with van der Waals surface area (Å²) in [5.41, 5.74) is 1.54. The van der Waals surface area contributed by atoms with Crippen molar-refractivity contribution in [2.24, 2.45) is 0 Å². The van der Waals surface area contributed by atoms with E-state index in [2.05, 4.69) is 0 Å². The first-order valence-electron chi connectivity index (χ1n) is 9.43. The fourth-order valence-corrected chi connectivity index (χ4v) is 3.75. The smallest absolute Gasteiger partial charge is 0.292 e. The Kier molecular flexibility index (Phi) is 5.20. The van der Waals surface area contributed by atoms with E-state index in [0.29, 0.717) is 16.7 Å². The van der Waals surface area contributed by atoms with E-state index in [9.17, 15) is 29.7 Å². The second kappa shape index (κ2) is 7.69. The Morgan fingerprint density at radius 2 is 1.87 bits per heavy atom. The molecular formula is C21H21N2O7+. The van der Waals surface area contributed by atoms with Crippen LogP contribution in [0.4, 0.5) is 0 Å². The molecule has 156 valence electrons. The van der Waals surface area contributed by atoms with E-state index in [1.807, 2.05) is 0 Å². The highest BCUT2D eigenvalue weighted by atomic mass is 16.6. The number of benzene rings is 1. The van der Waals surface area contributed by atoms with Crippen LogP contribution < -0.4 is 4.57 Å². The van der Waals surface area contributed by atoms with Gasteiger partial charge in [-0.2, -0.15) is 4.57 Å². The number of Topliss-reactive ketones (excluding diaryl/α,β-unsaturated/α-hetero) is 1. The van der Waals surface area contributed by atoms with Gasteiger partial charge in [0.25, 0.3) is 18.0 Å². The van der Waals surface area contributed by atoms with Crippen LogP contribution in [0, 0.1) is 0 Å². The van der Waals surface area contributed by atoms with Crippen molar-refractivity contribution in [3.05, 3.63) is 65.0 Å². The van der Waals surface area contributed by atoms with Crippen LogP contribution in [-0.4, -0.2) is 69.8 Å². The Labute approximate surface area is 171 Å². The number of carbonyl (C=O) groups is 3. The van der Waals surface area contributed by atoms with Gasteiger partial charge in [-0.05, 0) is 23.8 Å². The summed E-state index contributed by atoms with van der Waals surface area (Å²) in [5.74, 6) is -0.997. The van der Waals surface area contributed by atoms with Crippen molar-refractivity contribution in [2.75, 3.05) is 13.7 Å². The predicted molar refractivity (Wildman–Crippen MR) is 101 cm³/mol. The lowest BCUT2D eigenvalue weighted by molar-refractivity contribution is -0.765. The number of imide groups is 1. The summed E-state index contributed by atoms with van der Waals surface area (Å²) < 4.78 is 6.95. The van der Waals surface area contributed by atoms with Crippen LogP contribution in [0.5, 0.6) is 0 Å². The first-order valence-corrected chi connectivity index (χ1v) is 9.43. The van der Waals surface area contributed by atoms with Gasteiger partial charge >= 0.3 is 0 Å². The Balaban J connectivity index is 1.54. The Morgan fingerprint density at radius 1 is 1.13 bits per heavy atom. The fraction of sp³-hybridized carbons (Fsp3) is 0.333. The molecule has 4 atom stereocenters. The van der Waals surface area contributed by atoms with Crippen LogP contribution in [0.1, 0.15) is 42.9 Å². The average Bonchev–Trinajstić information content (AvgIpc) is 3.16. The molecule has 9 nitrogen and oxygen atoms in total. The van der Waals surface area contributed by atoms with E-state index in [-0.39, 0.29) is 23.7 Å². The maximum absolute atomic E-state index is 12.8. The second-order valence-electron chi connectivity index (χ2n) is 7.42. The van der Waals surface area contributed by atoms with Gasteiger partial charge in [0, 0.05) is 19.5 Å². The number of pyridine rings is 1. The molecule has 0 unspecified atom stereocenters. The van der Waals surface area contributed by atoms with Crippen molar-refractivity contribution in [3.8, 4) is 0 Å². The summed E-state index contributed by atoms with van der Waals surface area (Å²) in [7, 11) is 1.41. The molecule has 2 aliphatic rings. The predicted octanol–water partition coefficient (Wildman–Crippen LogP) is -0.763. The van der Waals surface area contributed by atoms with Crippen molar-refractivity contribution in [3.63, 3.8) is 0 Å². The molecule has 2 amide bonds. The van der Waals surface area contributed by atoms with Crippen molar-refractivity contribution in [1.29, 1.82) is 0 Å². The Morgan fingerprint density at radius 3 is 2.57 bits per heavy atom. The van der Waals surface area contributed by atoms with Crippen LogP contribution in [0.25, 0.3) is 0 Å². The van der Waals surface area contributed by atoms with Crippen molar-refractivity contribution in [1.82, 2.24) is 4.90 Å². The maximum Gasteiger partial charge on any atom is 0.292 e. The van der Waals surface area contributed by atoms with Gasteiger partial charge in [-0.15, -0.1) is 0 Å². The number of hydrogen-bond acceptors (Lipinski definition) is 7. The largest absolute Gasteiger partial charge is 0.394 e. The van der Waals surface area contributed by atoms with E-state index in [4.69, 9.17) is 4.74 Å². The number of ketones is 1. The lowest BCUT2D eigenvalue weighted by Crippen LogP contribution is -2.46. The number of aliphatic hydroxyl groups is 3. The molecule has 0 saturated carbocycles. The summed E-state index contributed by atoms with van der Waals surface area (Å²) >= 11 is 0. The van der Waals surface area contributed by atoms with Gasteiger partial charge in [-0.1, -0.05) is 6.07 Å². The monoisotopic (exact) mass is 413 g/mol. The highest BCUT2D eigenvalue weighted by molar-refractivity contribution is 6.21. The number of aromatic nitrogens is 1. The van der Waals surface area contributed by atoms with Gasteiger partial charge < -0.3 is 20.1 Å². The Hall–Kier alpha value is -2.98. The maximum atomic E-state index is 12.8. The lowest BCUT2D eigenvalue weighted by atomic mass is 10.00. The summed E-state index contributed by atoms with van der Waals surface area (Å²) in [6.45, 7) is -0.442. The number of fused-ring (bicyclic) bond motifs is 1. The van der Waals surface area contributed by atoms with Crippen LogP contribution in [0.15, 0.2) is 42.7 Å². The van der Waals surface area contributed by atoms with E-state index in [1.165, 1.54) is 17.8 Å². The average molecular weight is 413 g/mol. The topological polar surface area (TPSA) is 128 Å². The molecule has 0 spiro atoms. The van der Waals surface area contributed by atoms with Crippen molar-refractivity contribution < 1.29 is 39.0 Å². The summed E-state index contributed by atoms with van der Waals surface area (Å²) in [4.78, 5) is 38.0. The van der Waals surface area contributed by atoms with E-state index < -0.39 is 37.1 Å².